The topological polar surface area (TPSA) is 107 Å². The molecule has 9 nitrogen and oxygen atoms in total. The predicted molar refractivity (Wildman–Crippen MR) is 141 cm³/mol. The molecule has 2 amide bonds. The standard InChI is InChI=1S/C29H36N2O7/c1-16-24(35-5)18-13-19-23(32)22(30-28(34)29(2,3)4)27(33)31(19)20(21(18)26(37-7)25(16)36-6)15-38-14-17-11-9-8-10-12-17/h8-12,19-20,32H,13-15H2,1-7H3,(H,30,34)/t19-,20+/m1/s1. The summed E-state index contributed by atoms with van der Waals surface area (Å²) in [6.07, 6.45) is 0.265. The molecule has 2 aromatic rings. The average molecular weight is 525 g/mol. The lowest BCUT2D eigenvalue weighted by molar-refractivity contribution is -0.135. The highest BCUT2D eigenvalue weighted by Crippen LogP contribution is 2.52. The molecule has 38 heavy (non-hydrogen) atoms. The largest absolute Gasteiger partial charge is 0.508 e. The smallest absolute Gasteiger partial charge is 0.275 e. The maximum absolute atomic E-state index is 13.8. The number of ether oxygens (including phenoxy) is 4. The zero-order valence-electron chi connectivity index (χ0n) is 23.0. The molecule has 0 saturated heterocycles. The van der Waals surface area contributed by atoms with Crippen molar-refractivity contribution in [3.8, 4) is 17.2 Å². The van der Waals surface area contributed by atoms with Crippen LogP contribution in [0.1, 0.15) is 49.1 Å². The van der Waals surface area contributed by atoms with Gasteiger partial charge >= 0.3 is 0 Å². The molecule has 0 aliphatic carbocycles. The summed E-state index contributed by atoms with van der Waals surface area (Å²) in [5.41, 5.74) is 2.35. The van der Waals surface area contributed by atoms with Gasteiger partial charge in [0.2, 0.25) is 5.91 Å². The normalized spacial score (nSPS) is 18.7. The number of aliphatic hydroxyl groups excluding tert-OH is 1. The van der Waals surface area contributed by atoms with E-state index in [0.717, 1.165) is 16.7 Å². The molecular weight excluding hydrogens is 488 g/mol. The van der Waals surface area contributed by atoms with Crippen molar-refractivity contribution in [3.63, 3.8) is 0 Å². The van der Waals surface area contributed by atoms with Crippen LogP contribution in [0, 0.1) is 12.3 Å². The van der Waals surface area contributed by atoms with Crippen LogP contribution in [0.2, 0.25) is 0 Å². The molecule has 2 N–H and O–H groups in total. The van der Waals surface area contributed by atoms with E-state index in [-0.39, 0.29) is 30.4 Å². The molecule has 0 saturated carbocycles. The molecular formula is C29H36N2O7. The predicted octanol–water partition coefficient (Wildman–Crippen LogP) is 3.98. The van der Waals surface area contributed by atoms with Crippen LogP contribution < -0.4 is 19.5 Å². The van der Waals surface area contributed by atoms with Gasteiger partial charge in [0, 0.05) is 28.5 Å². The first-order valence-electron chi connectivity index (χ1n) is 12.5. The van der Waals surface area contributed by atoms with Crippen LogP contribution in [0.3, 0.4) is 0 Å². The second-order valence-corrected chi connectivity index (χ2v) is 10.5. The number of fused-ring (bicyclic) bond motifs is 2. The molecule has 9 heteroatoms. The van der Waals surface area contributed by atoms with Crippen molar-refractivity contribution in [2.75, 3.05) is 27.9 Å². The molecule has 4 rings (SSSR count). The van der Waals surface area contributed by atoms with Crippen molar-refractivity contribution in [2.24, 2.45) is 5.41 Å². The van der Waals surface area contributed by atoms with Gasteiger partial charge in [-0.1, -0.05) is 51.1 Å². The SMILES string of the molecule is COc1c(C)c(OC)c(OC)c2c1C[C@@H]1C(O)=C(NC(=O)C(C)(C)C)C(=O)N1[C@H]2COCc1ccccc1. The number of rotatable bonds is 8. The van der Waals surface area contributed by atoms with Crippen molar-refractivity contribution < 1.29 is 33.6 Å². The lowest BCUT2D eigenvalue weighted by Gasteiger charge is -2.41. The first kappa shape index (κ1) is 27.3. The van der Waals surface area contributed by atoms with E-state index < -0.39 is 23.4 Å². The molecule has 2 heterocycles. The maximum Gasteiger partial charge on any atom is 0.275 e. The summed E-state index contributed by atoms with van der Waals surface area (Å²) in [6, 6.07) is 8.36. The van der Waals surface area contributed by atoms with Crippen molar-refractivity contribution in [2.45, 2.75) is 52.8 Å². The van der Waals surface area contributed by atoms with Gasteiger partial charge in [-0.15, -0.1) is 0 Å². The maximum atomic E-state index is 13.8. The van der Waals surface area contributed by atoms with E-state index in [4.69, 9.17) is 18.9 Å². The first-order valence-corrected chi connectivity index (χ1v) is 12.5. The second kappa shape index (κ2) is 10.6. The van der Waals surface area contributed by atoms with Crippen LogP contribution in [0.5, 0.6) is 17.2 Å². The molecule has 0 spiro atoms. The lowest BCUT2D eigenvalue weighted by atomic mass is 9.85. The minimum absolute atomic E-state index is 0.114. The highest BCUT2D eigenvalue weighted by Gasteiger charge is 2.50. The summed E-state index contributed by atoms with van der Waals surface area (Å²) in [5.74, 6) is 0.546. The Morgan fingerprint density at radius 2 is 1.68 bits per heavy atom. The first-order chi connectivity index (χ1) is 18.0. The minimum atomic E-state index is -0.755. The Bertz CT molecular complexity index is 1260. The van der Waals surface area contributed by atoms with Gasteiger partial charge in [-0.05, 0) is 12.5 Å². The van der Waals surface area contributed by atoms with Gasteiger partial charge in [-0.25, -0.2) is 0 Å². The molecule has 2 atom stereocenters. The molecule has 0 unspecified atom stereocenters. The fraction of sp³-hybridized carbons (Fsp3) is 0.448. The third kappa shape index (κ3) is 4.67. The Morgan fingerprint density at radius 3 is 2.26 bits per heavy atom. The van der Waals surface area contributed by atoms with Gasteiger partial charge < -0.3 is 34.3 Å². The number of carbonyl (C=O) groups is 2. The minimum Gasteiger partial charge on any atom is -0.508 e. The number of hydrogen-bond acceptors (Lipinski definition) is 7. The third-order valence-corrected chi connectivity index (χ3v) is 7.07. The summed E-state index contributed by atoms with van der Waals surface area (Å²) in [4.78, 5) is 28.1. The third-order valence-electron chi connectivity index (χ3n) is 7.07. The molecule has 2 aromatic carbocycles. The molecule has 0 bridgehead atoms. The van der Waals surface area contributed by atoms with Crippen molar-refractivity contribution in [1.29, 1.82) is 0 Å². The molecule has 204 valence electrons. The summed E-state index contributed by atoms with van der Waals surface area (Å²) in [5, 5.41) is 13.9. The summed E-state index contributed by atoms with van der Waals surface area (Å²) in [6.45, 7) is 7.55. The van der Waals surface area contributed by atoms with Crippen molar-refractivity contribution in [3.05, 3.63) is 64.0 Å². The number of carbonyl (C=O) groups excluding carboxylic acids is 2. The molecule has 2 aliphatic rings. The average Bonchev–Trinajstić information content (AvgIpc) is 3.12. The number of methoxy groups -OCH3 is 3. The molecule has 0 aromatic heterocycles. The lowest BCUT2D eigenvalue weighted by Crippen LogP contribution is -2.47. The Morgan fingerprint density at radius 1 is 1.05 bits per heavy atom. The highest BCUT2D eigenvalue weighted by atomic mass is 16.5. The van der Waals surface area contributed by atoms with E-state index in [1.807, 2.05) is 37.3 Å². The monoisotopic (exact) mass is 524 g/mol. The second-order valence-electron chi connectivity index (χ2n) is 10.5. The Hall–Kier alpha value is -3.72. The number of hydrogen-bond donors (Lipinski definition) is 2. The van der Waals surface area contributed by atoms with E-state index in [1.54, 1.807) is 47.0 Å². The van der Waals surface area contributed by atoms with Gasteiger partial charge in [-0.3, -0.25) is 9.59 Å². The Labute approximate surface area is 223 Å². The number of benzene rings is 2. The van der Waals surface area contributed by atoms with E-state index in [1.165, 1.54) is 0 Å². The van der Waals surface area contributed by atoms with Crippen LogP contribution in [0.25, 0.3) is 0 Å². The van der Waals surface area contributed by atoms with Crippen molar-refractivity contribution in [1.82, 2.24) is 10.2 Å². The fourth-order valence-corrected chi connectivity index (χ4v) is 5.17. The quantitative estimate of drug-likeness (QED) is 0.538. The zero-order valence-corrected chi connectivity index (χ0v) is 23.0. The van der Waals surface area contributed by atoms with Gasteiger partial charge in [0.15, 0.2) is 11.5 Å². The van der Waals surface area contributed by atoms with E-state index in [0.29, 0.717) is 29.4 Å². The number of nitrogens with one attached hydrogen (secondary N) is 1. The van der Waals surface area contributed by atoms with Crippen LogP contribution in [0.4, 0.5) is 0 Å². The van der Waals surface area contributed by atoms with Gasteiger partial charge in [-0.2, -0.15) is 0 Å². The highest BCUT2D eigenvalue weighted by molar-refractivity contribution is 6.02. The van der Waals surface area contributed by atoms with Gasteiger partial charge in [0.05, 0.1) is 46.6 Å². The number of aliphatic hydroxyl groups is 1. The van der Waals surface area contributed by atoms with Crippen LogP contribution in [-0.2, 0) is 27.4 Å². The zero-order chi connectivity index (χ0) is 27.8. The summed E-state index contributed by atoms with van der Waals surface area (Å²) < 4.78 is 23.5. The molecule has 0 fully saturated rings. The van der Waals surface area contributed by atoms with Crippen LogP contribution in [0.15, 0.2) is 41.8 Å². The Kier molecular flexibility index (Phi) is 7.60. The number of amides is 2. The summed E-state index contributed by atoms with van der Waals surface area (Å²) in [7, 11) is 4.68. The fourth-order valence-electron chi connectivity index (χ4n) is 5.17. The molecule has 0 radical (unpaired) electrons. The van der Waals surface area contributed by atoms with Crippen molar-refractivity contribution >= 4 is 11.8 Å². The molecule has 2 aliphatic heterocycles. The van der Waals surface area contributed by atoms with Gasteiger partial charge in [0.25, 0.3) is 5.91 Å². The summed E-state index contributed by atoms with van der Waals surface area (Å²) >= 11 is 0. The van der Waals surface area contributed by atoms with Crippen LogP contribution in [-0.4, -0.2) is 55.8 Å². The Balaban J connectivity index is 1.81. The van der Waals surface area contributed by atoms with Gasteiger partial charge in [0.1, 0.15) is 17.2 Å². The van der Waals surface area contributed by atoms with E-state index >= 15 is 0 Å². The van der Waals surface area contributed by atoms with E-state index in [9.17, 15) is 14.7 Å². The number of nitrogens with zero attached hydrogens (tertiary/aromatic N) is 1. The van der Waals surface area contributed by atoms with Crippen LogP contribution >= 0.6 is 0 Å². The van der Waals surface area contributed by atoms with E-state index in [2.05, 4.69) is 5.32 Å².